The molecule has 30 heavy (non-hydrogen) atoms. The predicted octanol–water partition coefficient (Wildman–Crippen LogP) is 2.81. The van der Waals surface area contributed by atoms with Crippen LogP contribution >= 0.6 is 0 Å². The largest absolute Gasteiger partial charge is 0.489 e. The summed E-state index contributed by atoms with van der Waals surface area (Å²) in [7, 11) is -2.05. The van der Waals surface area contributed by atoms with Crippen LogP contribution in [0.5, 0.6) is 5.75 Å². The Labute approximate surface area is 177 Å². The number of sulfonamides is 1. The van der Waals surface area contributed by atoms with Crippen LogP contribution in [0.1, 0.15) is 11.1 Å². The molecule has 0 aromatic heterocycles. The van der Waals surface area contributed by atoms with Gasteiger partial charge in [-0.2, -0.15) is 0 Å². The van der Waals surface area contributed by atoms with E-state index in [1.54, 1.807) is 20.0 Å². The second-order valence-corrected chi connectivity index (χ2v) is 8.29. The van der Waals surface area contributed by atoms with Crippen molar-refractivity contribution in [2.75, 3.05) is 30.7 Å². The number of ether oxygens (including phenoxy) is 1. The first-order valence-electron chi connectivity index (χ1n) is 9.37. The summed E-state index contributed by atoms with van der Waals surface area (Å²) < 4.78 is 46.0. The van der Waals surface area contributed by atoms with Crippen LogP contribution < -0.4 is 20.1 Å². The van der Waals surface area contributed by atoms with Crippen molar-refractivity contribution < 1.29 is 17.5 Å². The summed E-state index contributed by atoms with van der Waals surface area (Å²) >= 11 is 0. The highest BCUT2D eigenvalue weighted by Gasteiger charge is 2.12. The Morgan fingerprint density at radius 2 is 2.00 bits per heavy atom. The number of anilines is 1. The molecule has 3 N–H and O–H groups in total. The highest BCUT2D eigenvalue weighted by molar-refractivity contribution is 7.92. The number of hydrogen-bond acceptors (Lipinski definition) is 4. The molecule has 0 unspecified atom stereocenters. The van der Waals surface area contributed by atoms with Crippen molar-refractivity contribution in [1.82, 2.24) is 10.6 Å². The summed E-state index contributed by atoms with van der Waals surface area (Å²) in [6.07, 6.45) is 1.67. The summed E-state index contributed by atoms with van der Waals surface area (Å²) in [5.41, 5.74) is 1.57. The summed E-state index contributed by atoms with van der Waals surface area (Å²) in [6, 6.07) is 11.8. The molecule has 0 aliphatic carbocycles. The van der Waals surface area contributed by atoms with E-state index < -0.39 is 15.8 Å². The van der Waals surface area contributed by atoms with Gasteiger partial charge in [0.05, 0.1) is 11.4 Å². The van der Waals surface area contributed by atoms with Gasteiger partial charge < -0.3 is 15.4 Å². The van der Waals surface area contributed by atoms with Gasteiger partial charge in [-0.25, -0.2) is 12.8 Å². The first-order chi connectivity index (χ1) is 14.3. The predicted molar refractivity (Wildman–Crippen MR) is 119 cm³/mol. The van der Waals surface area contributed by atoms with E-state index in [4.69, 9.17) is 4.74 Å². The standard InChI is InChI=1S/C21H27FN4O3S/c1-4-12-29-20-8-6-5-7-17(20)15-25-21(23-3)24-11-13-30(27,28)26-18-10-9-16(2)19(22)14-18/h4-10,14,26H,1,11-13,15H2,2-3H3,(H2,23,24,25). The molecule has 9 heteroatoms. The average Bonchev–Trinajstić information content (AvgIpc) is 2.72. The van der Waals surface area contributed by atoms with Crippen LogP contribution in [-0.2, 0) is 16.6 Å². The van der Waals surface area contributed by atoms with Crippen LogP contribution in [0.3, 0.4) is 0 Å². The zero-order chi connectivity index (χ0) is 22.0. The van der Waals surface area contributed by atoms with Crippen LogP contribution in [0.4, 0.5) is 10.1 Å². The Bertz CT molecular complexity index is 993. The minimum Gasteiger partial charge on any atom is -0.489 e. The van der Waals surface area contributed by atoms with Gasteiger partial charge >= 0.3 is 0 Å². The zero-order valence-electron chi connectivity index (χ0n) is 17.1. The molecule has 0 amide bonds. The Kier molecular flexibility index (Phi) is 8.67. The number of nitrogens with one attached hydrogen (secondary N) is 3. The van der Waals surface area contributed by atoms with E-state index in [-0.39, 0.29) is 18.0 Å². The number of nitrogens with zero attached hydrogens (tertiary/aromatic N) is 1. The summed E-state index contributed by atoms with van der Waals surface area (Å²) in [5.74, 6) is 0.514. The number of halogens is 1. The molecule has 0 aliphatic rings. The van der Waals surface area contributed by atoms with Crippen molar-refractivity contribution in [3.05, 3.63) is 72.1 Å². The molecule has 0 radical (unpaired) electrons. The van der Waals surface area contributed by atoms with Crippen molar-refractivity contribution >= 4 is 21.7 Å². The number of benzene rings is 2. The van der Waals surface area contributed by atoms with Crippen LogP contribution in [0.15, 0.2) is 60.1 Å². The maximum absolute atomic E-state index is 13.6. The summed E-state index contributed by atoms with van der Waals surface area (Å²) in [5, 5.41) is 6.07. The van der Waals surface area contributed by atoms with E-state index in [9.17, 15) is 12.8 Å². The van der Waals surface area contributed by atoms with E-state index in [1.165, 1.54) is 12.1 Å². The van der Waals surface area contributed by atoms with E-state index in [0.717, 1.165) is 17.4 Å². The third-order valence-corrected chi connectivity index (χ3v) is 5.40. The lowest BCUT2D eigenvalue weighted by Gasteiger charge is -2.15. The second kappa shape index (κ2) is 11.2. The van der Waals surface area contributed by atoms with Crippen LogP contribution in [-0.4, -0.2) is 40.3 Å². The van der Waals surface area contributed by atoms with Crippen LogP contribution in [0.2, 0.25) is 0 Å². The molecule has 0 saturated carbocycles. The molecular formula is C21H27FN4O3S. The number of aryl methyl sites for hydroxylation is 1. The fraction of sp³-hybridized carbons (Fsp3) is 0.286. The van der Waals surface area contributed by atoms with Crippen molar-refractivity contribution in [2.24, 2.45) is 4.99 Å². The van der Waals surface area contributed by atoms with Gasteiger partial charge in [-0.3, -0.25) is 9.71 Å². The minimum atomic E-state index is -3.64. The number of aliphatic imine (C=N–C) groups is 1. The number of rotatable bonds is 10. The minimum absolute atomic E-state index is 0.123. The molecule has 0 heterocycles. The van der Waals surface area contributed by atoms with Gasteiger partial charge in [-0.15, -0.1) is 0 Å². The van der Waals surface area contributed by atoms with Crippen LogP contribution in [0.25, 0.3) is 0 Å². The van der Waals surface area contributed by atoms with Gasteiger partial charge in [-0.05, 0) is 30.7 Å². The fourth-order valence-electron chi connectivity index (χ4n) is 2.53. The van der Waals surface area contributed by atoms with Crippen molar-refractivity contribution in [3.8, 4) is 5.75 Å². The van der Waals surface area contributed by atoms with Gasteiger partial charge in [0.1, 0.15) is 18.2 Å². The van der Waals surface area contributed by atoms with E-state index >= 15 is 0 Å². The zero-order valence-corrected chi connectivity index (χ0v) is 17.9. The van der Waals surface area contributed by atoms with E-state index in [2.05, 4.69) is 26.9 Å². The van der Waals surface area contributed by atoms with Crippen molar-refractivity contribution in [3.63, 3.8) is 0 Å². The lowest BCUT2D eigenvalue weighted by molar-refractivity contribution is 0.358. The van der Waals surface area contributed by atoms with Gasteiger partial charge in [0.15, 0.2) is 5.96 Å². The first-order valence-corrected chi connectivity index (χ1v) is 11.0. The highest BCUT2D eigenvalue weighted by Crippen LogP contribution is 2.17. The fourth-order valence-corrected chi connectivity index (χ4v) is 3.49. The molecular weight excluding hydrogens is 407 g/mol. The molecule has 0 bridgehead atoms. The average molecular weight is 435 g/mol. The molecule has 2 rings (SSSR count). The molecule has 162 valence electrons. The SMILES string of the molecule is C=CCOc1ccccc1CNC(=NC)NCCS(=O)(=O)Nc1ccc(C)c(F)c1. The molecule has 2 aromatic carbocycles. The van der Waals surface area contributed by atoms with Crippen molar-refractivity contribution in [2.45, 2.75) is 13.5 Å². The Morgan fingerprint density at radius 3 is 2.70 bits per heavy atom. The van der Waals surface area contributed by atoms with Gasteiger partial charge in [-0.1, -0.05) is 36.9 Å². The number of para-hydroxylation sites is 1. The van der Waals surface area contributed by atoms with Gasteiger partial charge in [0, 0.05) is 25.7 Å². The number of hydrogen-bond donors (Lipinski definition) is 3. The third kappa shape index (κ3) is 7.40. The summed E-state index contributed by atoms with van der Waals surface area (Å²) in [6.45, 7) is 6.22. The molecule has 2 aromatic rings. The molecule has 0 spiro atoms. The van der Waals surface area contributed by atoms with E-state index in [1.807, 2.05) is 24.3 Å². The Hall–Kier alpha value is -3.07. The lowest BCUT2D eigenvalue weighted by atomic mass is 10.2. The normalized spacial score (nSPS) is 11.6. The third-order valence-electron chi connectivity index (χ3n) is 4.11. The molecule has 0 aliphatic heterocycles. The topological polar surface area (TPSA) is 91.8 Å². The molecule has 0 saturated heterocycles. The maximum Gasteiger partial charge on any atom is 0.234 e. The van der Waals surface area contributed by atoms with Crippen LogP contribution in [0, 0.1) is 12.7 Å². The highest BCUT2D eigenvalue weighted by atomic mass is 32.2. The van der Waals surface area contributed by atoms with Crippen molar-refractivity contribution in [1.29, 1.82) is 0 Å². The molecule has 7 nitrogen and oxygen atoms in total. The monoisotopic (exact) mass is 434 g/mol. The summed E-state index contributed by atoms with van der Waals surface area (Å²) in [4.78, 5) is 4.09. The van der Waals surface area contributed by atoms with E-state index in [0.29, 0.717) is 24.7 Å². The maximum atomic E-state index is 13.6. The quantitative estimate of drug-likeness (QED) is 0.304. The molecule has 0 atom stereocenters. The molecule has 0 fully saturated rings. The lowest BCUT2D eigenvalue weighted by Crippen LogP contribution is -2.39. The first kappa shape index (κ1) is 23.2. The smallest absolute Gasteiger partial charge is 0.234 e. The number of guanidine groups is 1. The van der Waals surface area contributed by atoms with Gasteiger partial charge in [0.2, 0.25) is 10.0 Å². The van der Waals surface area contributed by atoms with Gasteiger partial charge in [0.25, 0.3) is 0 Å². The Morgan fingerprint density at radius 1 is 1.23 bits per heavy atom. The second-order valence-electron chi connectivity index (χ2n) is 6.44. The Balaban J connectivity index is 1.85.